The third-order valence-corrected chi connectivity index (χ3v) is 5.44. The summed E-state index contributed by atoms with van der Waals surface area (Å²) in [5.74, 6) is -0.344. The van der Waals surface area contributed by atoms with Gasteiger partial charge in [-0.15, -0.1) is 0 Å². The van der Waals surface area contributed by atoms with E-state index in [1.54, 1.807) is 25.7 Å². The summed E-state index contributed by atoms with van der Waals surface area (Å²) in [4.78, 5) is 14.0. The molecule has 0 radical (unpaired) electrons. The van der Waals surface area contributed by atoms with Crippen LogP contribution in [0.25, 0.3) is 0 Å². The number of hydrogen-bond donors (Lipinski definition) is 0. The highest BCUT2D eigenvalue weighted by atomic mass is 32.2. The van der Waals surface area contributed by atoms with Crippen LogP contribution >= 0.6 is 0 Å². The minimum absolute atomic E-state index is 0.0930. The zero-order valence-corrected chi connectivity index (χ0v) is 16.3. The Labute approximate surface area is 160 Å². The molecule has 1 fully saturated rings. The summed E-state index contributed by atoms with van der Waals surface area (Å²) < 4.78 is 74.9. The lowest BCUT2D eigenvalue weighted by atomic mass is 9.89. The summed E-state index contributed by atoms with van der Waals surface area (Å²) in [7, 11) is -5.76. The van der Waals surface area contributed by atoms with Crippen LogP contribution in [0, 0.1) is 0 Å². The van der Waals surface area contributed by atoms with Crippen LogP contribution in [0.2, 0.25) is 0 Å². The first-order valence-electron chi connectivity index (χ1n) is 8.55. The molecule has 1 aromatic carbocycles. The van der Waals surface area contributed by atoms with Crippen molar-refractivity contribution >= 4 is 16.2 Å². The summed E-state index contributed by atoms with van der Waals surface area (Å²) in [6.07, 6.45) is 0.171. The number of ether oxygens (including phenoxy) is 2. The van der Waals surface area contributed by atoms with E-state index >= 15 is 0 Å². The highest BCUT2D eigenvalue weighted by Gasteiger charge is 2.49. The molecule has 1 aromatic rings. The van der Waals surface area contributed by atoms with Gasteiger partial charge in [0.1, 0.15) is 23.7 Å². The predicted molar refractivity (Wildman–Crippen MR) is 91.6 cm³/mol. The van der Waals surface area contributed by atoms with Gasteiger partial charge in [0.15, 0.2) is 0 Å². The van der Waals surface area contributed by atoms with Gasteiger partial charge in [-0.25, -0.2) is 4.79 Å². The van der Waals surface area contributed by atoms with Crippen molar-refractivity contribution in [2.75, 3.05) is 13.2 Å². The largest absolute Gasteiger partial charge is 0.534 e. The molecule has 2 heterocycles. The molecule has 2 unspecified atom stereocenters. The van der Waals surface area contributed by atoms with Crippen molar-refractivity contribution in [1.29, 1.82) is 0 Å². The van der Waals surface area contributed by atoms with Crippen LogP contribution in [-0.4, -0.2) is 49.7 Å². The van der Waals surface area contributed by atoms with Crippen LogP contribution in [0.4, 0.5) is 18.0 Å². The van der Waals surface area contributed by atoms with Gasteiger partial charge >= 0.3 is 21.7 Å². The van der Waals surface area contributed by atoms with E-state index in [0.717, 1.165) is 12.1 Å². The summed E-state index contributed by atoms with van der Waals surface area (Å²) >= 11 is 0. The Morgan fingerprint density at radius 2 is 1.93 bits per heavy atom. The summed E-state index contributed by atoms with van der Waals surface area (Å²) in [5.41, 5.74) is -5.48. The van der Waals surface area contributed by atoms with Crippen LogP contribution in [0.15, 0.2) is 18.2 Å². The van der Waals surface area contributed by atoms with E-state index < -0.39 is 33.1 Å². The molecule has 7 nitrogen and oxygen atoms in total. The highest BCUT2D eigenvalue weighted by molar-refractivity contribution is 7.88. The summed E-state index contributed by atoms with van der Waals surface area (Å²) in [6, 6.07) is 3.45. The van der Waals surface area contributed by atoms with Gasteiger partial charge in [0.25, 0.3) is 0 Å². The van der Waals surface area contributed by atoms with Gasteiger partial charge in [-0.2, -0.15) is 21.6 Å². The molecular weight excluding hydrogens is 403 g/mol. The number of fused-ring (bicyclic) bond motifs is 3. The Kier molecular flexibility index (Phi) is 4.93. The lowest BCUT2D eigenvalue weighted by Gasteiger charge is -2.34. The zero-order valence-electron chi connectivity index (χ0n) is 15.4. The maximum absolute atomic E-state index is 12.5. The van der Waals surface area contributed by atoms with Crippen LogP contribution in [0.1, 0.15) is 38.7 Å². The number of nitrogens with zero attached hydrogens (tertiary/aromatic N) is 1. The number of benzene rings is 1. The van der Waals surface area contributed by atoms with Crippen molar-refractivity contribution in [2.24, 2.45) is 0 Å². The number of hydrogen-bond acceptors (Lipinski definition) is 6. The van der Waals surface area contributed by atoms with Gasteiger partial charge in [-0.1, -0.05) is 6.07 Å². The van der Waals surface area contributed by atoms with Gasteiger partial charge in [-0.05, 0) is 38.8 Å². The minimum atomic E-state index is -5.76. The topological polar surface area (TPSA) is 82.1 Å². The van der Waals surface area contributed by atoms with Crippen LogP contribution in [-0.2, 0) is 14.9 Å². The van der Waals surface area contributed by atoms with Crippen LogP contribution in [0.5, 0.6) is 11.5 Å². The number of alkyl halides is 3. The quantitative estimate of drug-likeness (QED) is 0.536. The van der Waals surface area contributed by atoms with Crippen molar-refractivity contribution in [3.05, 3.63) is 23.8 Å². The Bertz CT molecular complexity index is 878. The molecule has 0 bridgehead atoms. The number of carbonyl (C=O) groups excluding carboxylic acids is 1. The van der Waals surface area contributed by atoms with E-state index in [9.17, 15) is 26.4 Å². The fourth-order valence-electron chi connectivity index (χ4n) is 3.32. The number of likely N-dealkylation sites (tertiary alicyclic amines) is 1. The van der Waals surface area contributed by atoms with Gasteiger partial charge in [0.05, 0.1) is 6.04 Å². The SMILES string of the molecule is CC(C)(C)OC(=O)N1CCC2c3ccc(OS(=O)(=O)C(F)(F)F)cc3OCC21. The van der Waals surface area contributed by atoms with Crippen molar-refractivity contribution in [2.45, 2.75) is 50.3 Å². The van der Waals surface area contributed by atoms with E-state index in [-0.39, 0.29) is 24.3 Å². The maximum Gasteiger partial charge on any atom is 0.534 e. The van der Waals surface area contributed by atoms with E-state index in [0.29, 0.717) is 18.5 Å². The van der Waals surface area contributed by atoms with Crippen LogP contribution in [0.3, 0.4) is 0 Å². The first kappa shape index (κ1) is 20.6. The number of amides is 1. The Balaban J connectivity index is 1.79. The Morgan fingerprint density at radius 1 is 1.25 bits per heavy atom. The average Bonchev–Trinajstić information content (AvgIpc) is 2.96. The van der Waals surface area contributed by atoms with Gasteiger partial charge in [0, 0.05) is 18.5 Å². The molecule has 0 N–H and O–H groups in total. The third kappa shape index (κ3) is 3.98. The van der Waals surface area contributed by atoms with Crippen molar-refractivity contribution < 1.29 is 40.0 Å². The molecule has 0 saturated carbocycles. The van der Waals surface area contributed by atoms with Gasteiger partial charge in [-0.3, -0.25) is 0 Å². The molecule has 156 valence electrons. The molecule has 2 aliphatic heterocycles. The normalized spacial score (nSPS) is 22.1. The van der Waals surface area contributed by atoms with Gasteiger partial charge < -0.3 is 18.6 Å². The number of carbonyl (C=O) groups is 1. The Morgan fingerprint density at radius 3 is 2.54 bits per heavy atom. The lowest BCUT2D eigenvalue weighted by molar-refractivity contribution is -0.0500. The standard InChI is InChI=1S/C17H20F3NO6S/c1-16(2,3)26-15(22)21-7-6-11-12-5-4-10(8-14(12)25-9-13(11)21)27-28(23,24)17(18,19)20/h4-5,8,11,13H,6-7,9H2,1-3H3. The molecule has 28 heavy (non-hydrogen) atoms. The number of rotatable bonds is 2. The van der Waals surface area contributed by atoms with E-state index in [2.05, 4.69) is 4.18 Å². The summed E-state index contributed by atoms with van der Waals surface area (Å²) in [6.45, 7) is 5.87. The molecule has 1 amide bonds. The van der Waals surface area contributed by atoms with Crippen molar-refractivity contribution in [3.8, 4) is 11.5 Å². The fourth-order valence-corrected chi connectivity index (χ4v) is 3.77. The lowest BCUT2D eigenvalue weighted by Crippen LogP contribution is -2.45. The second kappa shape index (κ2) is 6.71. The fraction of sp³-hybridized carbons (Fsp3) is 0.588. The second-order valence-electron chi connectivity index (χ2n) is 7.63. The predicted octanol–water partition coefficient (Wildman–Crippen LogP) is 3.40. The molecular formula is C17H20F3NO6S. The highest BCUT2D eigenvalue weighted by Crippen LogP contribution is 2.44. The van der Waals surface area contributed by atoms with E-state index in [4.69, 9.17) is 9.47 Å². The molecule has 11 heteroatoms. The molecule has 0 aliphatic carbocycles. The monoisotopic (exact) mass is 423 g/mol. The molecule has 0 spiro atoms. The first-order valence-corrected chi connectivity index (χ1v) is 9.96. The Hall–Kier alpha value is -2.17. The van der Waals surface area contributed by atoms with Crippen molar-refractivity contribution in [1.82, 2.24) is 4.90 Å². The molecule has 1 saturated heterocycles. The average molecular weight is 423 g/mol. The third-order valence-electron chi connectivity index (χ3n) is 4.46. The minimum Gasteiger partial charge on any atom is -0.491 e. The van der Waals surface area contributed by atoms with Crippen molar-refractivity contribution in [3.63, 3.8) is 0 Å². The molecule has 2 aliphatic rings. The molecule has 0 aromatic heterocycles. The second-order valence-corrected chi connectivity index (χ2v) is 9.17. The first-order chi connectivity index (χ1) is 12.8. The maximum atomic E-state index is 12.5. The number of halogens is 3. The molecule has 3 rings (SSSR count). The zero-order chi connectivity index (χ0) is 20.9. The smallest absolute Gasteiger partial charge is 0.491 e. The summed E-state index contributed by atoms with van der Waals surface area (Å²) in [5, 5.41) is 0. The van der Waals surface area contributed by atoms with Crippen LogP contribution < -0.4 is 8.92 Å². The van der Waals surface area contributed by atoms with E-state index in [1.165, 1.54) is 6.07 Å². The van der Waals surface area contributed by atoms with E-state index in [1.807, 2.05) is 0 Å². The van der Waals surface area contributed by atoms with Gasteiger partial charge in [0.2, 0.25) is 0 Å². The molecule has 2 atom stereocenters.